The molecule has 0 fully saturated rings. The minimum atomic E-state index is -4.77. The highest BCUT2D eigenvalue weighted by atomic mass is 35.5. The summed E-state index contributed by atoms with van der Waals surface area (Å²) in [6.45, 7) is 1.42. The zero-order valence-corrected chi connectivity index (χ0v) is 17.6. The molecular formula is C18H16Cl2F4N6O. The van der Waals surface area contributed by atoms with Crippen LogP contribution in [-0.4, -0.2) is 35.7 Å². The Hall–Kier alpha value is -2.92. The van der Waals surface area contributed by atoms with Gasteiger partial charge in [0.15, 0.2) is 5.82 Å². The number of aromatic nitrogens is 2. The Morgan fingerprint density at radius 2 is 1.84 bits per heavy atom. The number of benzene rings is 1. The van der Waals surface area contributed by atoms with Crippen LogP contribution in [0.4, 0.5) is 28.0 Å². The highest BCUT2D eigenvalue weighted by Crippen LogP contribution is 2.29. The van der Waals surface area contributed by atoms with Crippen molar-refractivity contribution in [2.45, 2.75) is 19.6 Å². The van der Waals surface area contributed by atoms with Gasteiger partial charge in [-0.2, -0.15) is 18.3 Å². The van der Waals surface area contributed by atoms with Gasteiger partial charge in [0.1, 0.15) is 5.70 Å². The van der Waals surface area contributed by atoms with Crippen molar-refractivity contribution < 1.29 is 22.4 Å². The molecule has 1 aromatic carbocycles. The molecule has 0 atom stereocenters. The summed E-state index contributed by atoms with van der Waals surface area (Å²) in [5.41, 5.74) is 4.12. The van der Waals surface area contributed by atoms with E-state index in [2.05, 4.69) is 25.8 Å². The Kier molecular flexibility index (Phi) is 7.80. The van der Waals surface area contributed by atoms with Crippen LogP contribution in [0.25, 0.3) is 5.57 Å². The Labute approximate surface area is 184 Å². The second kappa shape index (κ2) is 9.92. The number of halogens is 6. The normalized spacial score (nSPS) is 12.6. The molecule has 0 radical (unpaired) electrons. The van der Waals surface area contributed by atoms with Gasteiger partial charge in [-0.15, -0.1) is 5.10 Å². The maximum absolute atomic E-state index is 13.4. The van der Waals surface area contributed by atoms with Crippen LogP contribution in [0.15, 0.2) is 28.9 Å². The predicted octanol–water partition coefficient (Wildman–Crippen LogP) is 4.49. The van der Waals surface area contributed by atoms with Crippen LogP contribution < -0.4 is 16.4 Å². The van der Waals surface area contributed by atoms with Crippen molar-refractivity contribution >= 4 is 46.7 Å². The van der Waals surface area contributed by atoms with E-state index in [1.807, 2.05) is 0 Å². The lowest BCUT2D eigenvalue weighted by Gasteiger charge is -2.13. The minimum Gasteiger partial charge on any atom is -0.394 e. The number of anilines is 1. The maximum atomic E-state index is 13.4. The van der Waals surface area contributed by atoms with Crippen LogP contribution in [0, 0.1) is 12.7 Å². The predicted molar refractivity (Wildman–Crippen MR) is 111 cm³/mol. The second-order valence-electron chi connectivity index (χ2n) is 6.14. The molecule has 0 bridgehead atoms. The number of nitrogens with zero attached hydrogens (tertiary/aromatic N) is 3. The minimum absolute atomic E-state index is 0.0933. The fraction of sp³-hybridized carbons (Fsp3) is 0.222. The van der Waals surface area contributed by atoms with Crippen molar-refractivity contribution in [1.82, 2.24) is 15.5 Å². The number of carbonyl (C=O) groups excluding carboxylic acids is 1. The smallest absolute Gasteiger partial charge is 0.394 e. The van der Waals surface area contributed by atoms with Gasteiger partial charge in [0.05, 0.1) is 28.0 Å². The van der Waals surface area contributed by atoms with E-state index >= 15 is 0 Å². The van der Waals surface area contributed by atoms with Crippen molar-refractivity contribution in [3.8, 4) is 0 Å². The van der Waals surface area contributed by atoms with Gasteiger partial charge in [-0.25, -0.2) is 9.18 Å². The van der Waals surface area contributed by atoms with Crippen molar-refractivity contribution in [3.05, 3.63) is 56.7 Å². The number of amides is 2. The van der Waals surface area contributed by atoms with E-state index in [1.54, 1.807) is 0 Å². The molecule has 0 unspecified atom stereocenters. The lowest BCUT2D eigenvalue weighted by Crippen LogP contribution is -2.29. The number of rotatable bonds is 5. The number of allylic oxidation sites excluding steroid dienone is 2. The van der Waals surface area contributed by atoms with Gasteiger partial charge in [0, 0.05) is 24.5 Å². The lowest BCUT2D eigenvalue weighted by atomic mass is 10.1. The number of nitrogens with two attached hydrogens (primary N) is 1. The Morgan fingerprint density at radius 3 is 2.35 bits per heavy atom. The molecule has 0 saturated heterocycles. The van der Waals surface area contributed by atoms with Gasteiger partial charge in [-0.1, -0.05) is 23.2 Å². The number of urea groups is 1. The number of aliphatic imine (C=N–C) groups is 1. The molecule has 13 heteroatoms. The maximum Gasteiger partial charge on any atom is 0.431 e. The second-order valence-corrected chi connectivity index (χ2v) is 6.96. The Balaban J connectivity index is 2.14. The first-order chi connectivity index (χ1) is 14.4. The van der Waals surface area contributed by atoms with E-state index < -0.39 is 29.3 Å². The van der Waals surface area contributed by atoms with E-state index in [1.165, 1.54) is 32.2 Å². The average molecular weight is 479 g/mol. The standard InChI is InChI=1S/C18H16Cl2F4N6O/c1-8-3-10(29-30-15(8)11(7-26-2)16(25)18(22,23)24)6-27-17(31)28-9-4-12(19)14(21)13(20)5-9/h3-5,7H,6,25H2,1-2H3,(H2,27,28,31). The average Bonchev–Trinajstić information content (AvgIpc) is 2.68. The molecule has 2 amide bonds. The summed E-state index contributed by atoms with van der Waals surface area (Å²) in [5, 5.41) is 12.0. The summed E-state index contributed by atoms with van der Waals surface area (Å²) in [5.74, 6) is -0.812. The Bertz CT molecular complexity index is 1030. The first kappa shape index (κ1) is 24.4. The van der Waals surface area contributed by atoms with Crippen molar-refractivity contribution in [2.75, 3.05) is 12.4 Å². The molecule has 4 N–H and O–H groups in total. The molecule has 0 aliphatic carbocycles. The molecule has 1 heterocycles. The fourth-order valence-electron chi connectivity index (χ4n) is 2.41. The first-order valence-electron chi connectivity index (χ1n) is 8.46. The summed E-state index contributed by atoms with van der Waals surface area (Å²) in [6, 6.07) is 3.12. The van der Waals surface area contributed by atoms with Crippen molar-refractivity contribution in [1.29, 1.82) is 0 Å². The first-order valence-corrected chi connectivity index (χ1v) is 9.21. The van der Waals surface area contributed by atoms with Gasteiger partial charge in [0.2, 0.25) is 0 Å². The van der Waals surface area contributed by atoms with Crippen LogP contribution in [0.1, 0.15) is 17.0 Å². The van der Waals surface area contributed by atoms with E-state index in [0.717, 1.165) is 6.21 Å². The monoisotopic (exact) mass is 478 g/mol. The topological polar surface area (TPSA) is 105 Å². The van der Waals surface area contributed by atoms with Crippen molar-refractivity contribution in [3.63, 3.8) is 0 Å². The highest BCUT2D eigenvalue weighted by molar-refractivity contribution is 6.35. The SMILES string of the molecule is CN=CC(=C(N)C(F)(F)F)c1nnc(CNC(=O)Nc2cc(Cl)c(F)c(Cl)c2)cc1C. The molecule has 2 aromatic rings. The van der Waals surface area contributed by atoms with Gasteiger partial charge >= 0.3 is 12.2 Å². The third-order valence-electron chi connectivity index (χ3n) is 3.82. The number of nitrogens with one attached hydrogen (secondary N) is 2. The summed E-state index contributed by atoms with van der Waals surface area (Å²) < 4.78 is 52.4. The van der Waals surface area contributed by atoms with Crippen LogP contribution in [-0.2, 0) is 6.54 Å². The van der Waals surface area contributed by atoms with Crippen LogP contribution in [0.2, 0.25) is 10.0 Å². The quantitative estimate of drug-likeness (QED) is 0.334. The molecular weight excluding hydrogens is 463 g/mol. The Morgan fingerprint density at radius 1 is 1.23 bits per heavy atom. The lowest BCUT2D eigenvalue weighted by molar-refractivity contribution is -0.0919. The number of carbonyl (C=O) groups is 1. The highest BCUT2D eigenvalue weighted by Gasteiger charge is 2.35. The van der Waals surface area contributed by atoms with Gasteiger partial charge in [-0.05, 0) is 30.7 Å². The molecule has 7 nitrogen and oxygen atoms in total. The molecule has 0 aliphatic heterocycles. The number of aryl methyl sites for hydroxylation is 1. The van der Waals surface area contributed by atoms with E-state index in [9.17, 15) is 22.4 Å². The van der Waals surface area contributed by atoms with Gasteiger partial charge < -0.3 is 16.4 Å². The summed E-state index contributed by atoms with van der Waals surface area (Å²) >= 11 is 11.3. The van der Waals surface area contributed by atoms with E-state index in [-0.39, 0.29) is 33.7 Å². The number of hydrogen-bond acceptors (Lipinski definition) is 5. The largest absolute Gasteiger partial charge is 0.431 e. The molecule has 0 saturated carbocycles. The third kappa shape index (κ3) is 6.28. The zero-order chi connectivity index (χ0) is 23.3. The van der Waals surface area contributed by atoms with Gasteiger partial charge in [0.25, 0.3) is 0 Å². The third-order valence-corrected chi connectivity index (χ3v) is 4.37. The molecule has 2 rings (SSSR count). The van der Waals surface area contributed by atoms with Crippen molar-refractivity contribution in [2.24, 2.45) is 10.7 Å². The van der Waals surface area contributed by atoms with Gasteiger partial charge in [-0.3, -0.25) is 4.99 Å². The van der Waals surface area contributed by atoms with E-state index in [4.69, 9.17) is 28.9 Å². The zero-order valence-electron chi connectivity index (χ0n) is 16.1. The van der Waals surface area contributed by atoms with E-state index in [0.29, 0.717) is 5.56 Å². The van der Waals surface area contributed by atoms with Crippen LogP contribution in [0.3, 0.4) is 0 Å². The fourth-order valence-corrected chi connectivity index (χ4v) is 2.89. The summed E-state index contributed by atoms with van der Waals surface area (Å²) in [6.07, 6.45) is -3.82. The number of hydrogen-bond donors (Lipinski definition) is 3. The molecule has 0 spiro atoms. The molecule has 0 aliphatic rings. The van der Waals surface area contributed by atoms with Crippen LogP contribution in [0.5, 0.6) is 0 Å². The summed E-state index contributed by atoms with van der Waals surface area (Å²) in [4.78, 5) is 15.6. The molecule has 166 valence electrons. The molecule has 31 heavy (non-hydrogen) atoms. The number of alkyl halides is 3. The molecule has 1 aromatic heterocycles. The van der Waals surface area contributed by atoms with Crippen LogP contribution >= 0.6 is 23.2 Å². The summed E-state index contributed by atoms with van der Waals surface area (Å²) in [7, 11) is 1.30.